The van der Waals surface area contributed by atoms with Crippen LogP contribution < -0.4 is 9.16 Å². The van der Waals surface area contributed by atoms with Crippen molar-refractivity contribution in [3.8, 4) is 11.5 Å². The third-order valence-corrected chi connectivity index (χ3v) is 8.51. The lowest BCUT2D eigenvalue weighted by Gasteiger charge is -2.36. The Balaban J connectivity index is 2.90. The molecule has 116 valence electrons. The number of methoxy groups -OCH3 is 1. The molecule has 3 nitrogen and oxygen atoms in total. The zero-order valence-electron chi connectivity index (χ0n) is 14.1. The molecule has 21 heavy (non-hydrogen) atoms. The number of benzene rings is 1. The number of nitrogens with zero attached hydrogens (tertiary/aromatic N) is 1. The Morgan fingerprint density at radius 1 is 1.24 bits per heavy atom. The summed E-state index contributed by atoms with van der Waals surface area (Å²) in [5.41, 5.74) is 1.14. The van der Waals surface area contributed by atoms with Crippen LogP contribution >= 0.6 is 0 Å². The van der Waals surface area contributed by atoms with Crippen LogP contribution in [0.2, 0.25) is 18.1 Å². The molecule has 1 rings (SSSR count). The highest BCUT2D eigenvalue weighted by molar-refractivity contribution is 6.74. The first-order valence-electron chi connectivity index (χ1n) is 7.40. The standard InChI is InChI=1S/C17H27NO2Si/c1-17(2,3)21(6,7)20-15-11-10-14(9-8-12-18-4)16(13-15)19-5/h10-11,13H,8-9,12H2,1-3,5-7H3. The molecule has 0 aliphatic rings. The molecule has 0 heterocycles. The topological polar surface area (TPSA) is 22.8 Å². The van der Waals surface area contributed by atoms with E-state index >= 15 is 0 Å². The minimum atomic E-state index is -1.83. The van der Waals surface area contributed by atoms with Crippen molar-refractivity contribution >= 4 is 8.32 Å². The summed E-state index contributed by atoms with van der Waals surface area (Å²) in [5.74, 6) is 1.74. The molecular weight excluding hydrogens is 278 g/mol. The fraction of sp³-hybridized carbons (Fsp3) is 0.588. The summed E-state index contributed by atoms with van der Waals surface area (Å²) in [6.45, 7) is 18.6. The average molecular weight is 305 g/mol. The van der Waals surface area contributed by atoms with Crippen LogP contribution in [0.5, 0.6) is 11.5 Å². The van der Waals surface area contributed by atoms with Crippen LogP contribution in [0.3, 0.4) is 0 Å². The van der Waals surface area contributed by atoms with Gasteiger partial charge in [-0.3, -0.25) is 0 Å². The van der Waals surface area contributed by atoms with Gasteiger partial charge in [0.2, 0.25) is 14.9 Å². The predicted molar refractivity (Wildman–Crippen MR) is 90.6 cm³/mol. The molecule has 0 saturated heterocycles. The summed E-state index contributed by atoms with van der Waals surface area (Å²) in [7, 11) is -0.141. The lowest BCUT2D eigenvalue weighted by atomic mass is 10.1. The van der Waals surface area contributed by atoms with Gasteiger partial charge in [-0.05, 0) is 36.2 Å². The third kappa shape index (κ3) is 4.78. The van der Waals surface area contributed by atoms with Crippen molar-refractivity contribution in [3.63, 3.8) is 0 Å². The van der Waals surface area contributed by atoms with Crippen LogP contribution in [0.15, 0.2) is 18.2 Å². The van der Waals surface area contributed by atoms with Gasteiger partial charge >= 0.3 is 0 Å². The highest BCUT2D eigenvalue weighted by Crippen LogP contribution is 2.38. The highest BCUT2D eigenvalue weighted by atomic mass is 28.4. The van der Waals surface area contributed by atoms with Gasteiger partial charge in [0.1, 0.15) is 11.5 Å². The van der Waals surface area contributed by atoms with Crippen LogP contribution in [0.25, 0.3) is 4.85 Å². The first kappa shape index (κ1) is 17.6. The lowest BCUT2D eigenvalue weighted by Crippen LogP contribution is -2.43. The maximum atomic E-state index is 6.84. The number of hydrogen-bond acceptors (Lipinski definition) is 2. The zero-order chi connectivity index (χ0) is 16.1. The SMILES string of the molecule is [C-]#[N+]CCCc1ccc(O[Si](C)(C)C(C)(C)C)cc1OC. The highest BCUT2D eigenvalue weighted by Gasteiger charge is 2.39. The van der Waals surface area contributed by atoms with E-state index in [0.29, 0.717) is 6.54 Å². The van der Waals surface area contributed by atoms with E-state index < -0.39 is 8.32 Å². The summed E-state index contributed by atoms with van der Waals surface area (Å²) < 4.78 is 11.8. The van der Waals surface area contributed by atoms with Crippen LogP contribution in [-0.4, -0.2) is 22.0 Å². The predicted octanol–water partition coefficient (Wildman–Crippen LogP) is 4.93. The van der Waals surface area contributed by atoms with E-state index in [2.05, 4.69) is 44.8 Å². The van der Waals surface area contributed by atoms with E-state index in [-0.39, 0.29) is 5.04 Å². The molecule has 1 aromatic carbocycles. The number of rotatable bonds is 6. The first-order valence-corrected chi connectivity index (χ1v) is 10.3. The quantitative estimate of drug-likeness (QED) is 0.422. The van der Waals surface area contributed by atoms with E-state index in [1.54, 1.807) is 7.11 Å². The molecule has 4 heteroatoms. The minimum absolute atomic E-state index is 0.175. The fourth-order valence-electron chi connectivity index (χ4n) is 1.79. The molecule has 0 aromatic heterocycles. The van der Waals surface area contributed by atoms with Crippen molar-refractivity contribution in [1.29, 1.82) is 0 Å². The molecule has 0 N–H and O–H groups in total. The molecule has 0 atom stereocenters. The Morgan fingerprint density at radius 3 is 2.43 bits per heavy atom. The lowest BCUT2D eigenvalue weighted by molar-refractivity contribution is 0.405. The van der Waals surface area contributed by atoms with Gasteiger partial charge in [-0.1, -0.05) is 26.8 Å². The molecule has 0 saturated carbocycles. The van der Waals surface area contributed by atoms with Crippen LogP contribution in [0, 0.1) is 6.57 Å². The van der Waals surface area contributed by atoms with Crippen molar-refractivity contribution in [1.82, 2.24) is 0 Å². The van der Waals surface area contributed by atoms with Crippen molar-refractivity contribution in [2.24, 2.45) is 0 Å². The van der Waals surface area contributed by atoms with Gasteiger partial charge < -0.3 is 14.0 Å². The van der Waals surface area contributed by atoms with Crippen molar-refractivity contribution in [2.45, 2.75) is 51.7 Å². The maximum absolute atomic E-state index is 6.84. The van der Waals surface area contributed by atoms with Gasteiger partial charge in [0.15, 0.2) is 0 Å². The summed E-state index contributed by atoms with van der Waals surface area (Å²) >= 11 is 0. The Hall–Kier alpha value is -1.47. The molecule has 0 amide bonds. The summed E-state index contributed by atoms with van der Waals surface area (Å²) in [6.07, 6.45) is 1.73. The molecule has 0 radical (unpaired) electrons. The summed E-state index contributed by atoms with van der Waals surface area (Å²) in [4.78, 5) is 3.39. The third-order valence-electron chi connectivity index (χ3n) is 4.15. The average Bonchev–Trinajstić information content (AvgIpc) is 2.38. The van der Waals surface area contributed by atoms with E-state index in [9.17, 15) is 0 Å². The fourth-order valence-corrected chi connectivity index (χ4v) is 2.81. The Morgan fingerprint density at radius 2 is 1.90 bits per heavy atom. The smallest absolute Gasteiger partial charge is 0.250 e. The second-order valence-corrected chi connectivity index (χ2v) is 11.5. The molecule has 0 aliphatic carbocycles. The number of ether oxygens (including phenoxy) is 1. The van der Waals surface area contributed by atoms with E-state index in [0.717, 1.165) is 29.9 Å². The van der Waals surface area contributed by atoms with Gasteiger partial charge in [0, 0.05) is 12.5 Å². The second kappa shape index (κ2) is 6.99. The molecule has 1 aromatic rings. The first-order chi connectivity index (χ1) is 9.71. The van der Waals surface area contributed by atoms with E-state index in [1.165, 1.54) is 0 Å². The molecule has 0 unspecified atom stereocenters. The molecule has 0 aliphatic heterocycles. The molecular formula is C17H27NO2Si. The van der Waals surface area contributed by atoms with E-state index in [4.69, 9.17) is 15.7 Å². The van der Waals surface area contributed by atoms with E-state index in [1.807, 2.05) is 12.1 Å². The largest absolute Gasteiger partial charge is 0.543 e. The van der Waals surface area contributed by atoms with Gasteiger partial charge in [-0.15, -0.1) is 0 Å². The van der Waals surface area contributed by atoms with Crippen molar-refractivity contribution in [2.75, 3.05) is 13.7 Å². The number of aryl methyl sites for hydroxylation is 1. The van der Waals surface area contributed by atoms with Crippen LogP contribution in [0.4, 0.5) is 0 Å². The zero-order valence-corrected chi connectivity index (χ0v) is 15.1. The monoisotopic (exact) mass is 305 g/mol. The van der Waals surface area contributed by atoms with Crippen molar-refractivity contribution < 1.29 is 9.16 Å². The van der Waals surface area contributed by atoms with Crippen LogP contribution in [0.1, 0.15) is 32.8 Å². The molecule has 0 fully saturated rings. The Labute approximate surface area is 130 Å². The normalized spacial score (nSPS) is 11.9. The summed E-state index contributed by atoms with van der Waals surface area (Å²) in [6, 6.07) is 6.06. The second-order valence-electron chi connectivity index (χ2n) is 6.82. The van der Waals surface area contributed by atoms with Gasteiger partial charge in [0.25, 0.3) is 0 Å². The minimum Gasteiger partial charge on any atom is -0.543 e. The molecule has 0 spiro atoms. The van der Waals surface area contributed by atoms with Crippen molar-refractivity contribution in [3.05, 3.63) is 35.2 Å². The maximum Gasteiger partial charge on any atom is 0.250 e. The summed E-state index contributed by atoms with van der Waals surface area (Å²) in [5, 5.41) is 0.175. The van der Waals surface area contributed by atoms with Crippen LogP contribution in [-0.2, 0) is 6.42 Å². The Kier molecular flexibility index (Phi) is 5.85. The van der Waals surface area contributed by atoms with Gasteiger partial charge in [0.05, 0.1) is 7.11 Å². The Bertz CT molecular complexity index is 513. The van der Waals surface area contributed by atoms with Gasteiger partial charge in [-0.2, -0.15) is 0 Å². The molecule has 0 bridgehead atoms. The van der Waals surface area contributed by atoms with Gasteiger partial charge in [-0.25, -0.2) is 6.57 Å². The number of hydrogen-bond donors (Lipinski definition) is 0.